The summed E-state index contributed by atoms with van der Waals surface area (Å²) >= 11 is 0. The molecule has 0 nitrogen and oxygen atoms in total. The molecule has 0 heteroatoms. The summed E-state index contributed by atoms with van der Waals surface area (Å²) in [6.07, 6.45) is 0. The smallest absolute Gasteiger partial charge is 0.00201 e. The molecule has 0 aliphatic rings. The molecule has 0 amide bonds. The Morgan fingerprint density at radius 2 is 0.762 bits per heavy atom. The van der Waals surface area contributed by atoms with E-state index in [0.717, 1.165) is 0 Å². The maximum Gasteiger partial charge on any atom is -0.00201 e. The van der Waals surface area contributed by atoms with Gasteiger partial charge in [-0.15, -0.1) is 0 Å². The first kappa shape index (κ1) is 24.3. The first-order chi connectivity index (χ1) is 20.9. The molecule has 0 aliphatic heterocycles. The topological polar surface area (TPSA) is 0 Å². The molecule has 0 heterocycles. The van der Waals surface area contributed by atoms with Crippen molar-refractivity contribution >= 4 is 32.3 Å². The Balaban J connectivity index is 1.52. The number of fused-ring (bicyclic) bond motifs is 3. The molecule has 0 bridgehead atoms. The fourth-order valence-electron chi connectivity index (χ4n) is 6.59. The van der Waals surface area contributed by atoms with Gasteiger partial charge in [0.1, 0.15) is 0 Å². The Labute approximate surface area is 246 Å². The quantitative estimate of drug-likeness (QED) is 0.198. The molecule has 0 aromatic heterocycles. The molecule has 0 N–H and O–H groups in total. The van der Waals surface area contributed by atoms with Gasteiger partial charge in [-0.1, -0.05) is 164 Å². The van der Waals surface area contributed by atoms with Gasteiger partial charge in [-0.3, -0.25) is 0 Å². The van der Waals surface area contributed by atoms with Gasteiger partial charge >= 0.3 is 0 Å². The van der Waals surface area contributed by atoms with Crippen LogP contribution < -0.4 is 0 Å². The summed E-state index contributed by atoms with van der Waals surface area (Å²) in [5.74, 6) is 0. The van der Waals surface area contributed by atoms with Crippen molar-refractivity contribution in [1.82, 2.24) is 0 Å². The summed E-state index contributed by atoms with van der Waals surface area (Å²) in [6, 6.07) is 61.7. The molecular weight excluding hydrogens is 504 g/mol. The van der Waals surface area contributed by atoms with Crippen molar-refractivity contribution in [3.8, 4) is 44.5 Å². The Hall–Kier alpha value is -5.46. The fraction of sp³-hybridized carbons (Fsp3) is 0. The van der Waals surface area contributed by atoms with Gasteiger partial charge in [0.25, 0.3) is 0 Å². The van der Waals surface area contributed by atoms with E-state index in [1.165, 1.54) is 76.8 Å². The van der Waals surface area contributed by atoms with E-state index in [1.807, 2.05) is 0 Å². The molecule has 0 radical (unpaired) electrons. The third-order valence-corrected chi connectivity index (χ3v) is 8.47. The predicted molar refractivity (Wildman–Crippen MR) is 181 cm³/mol. The summed E-state index contributed by atoms with van der Waals surface area (Å²) in [5, 5.41) is 7.59. The van der Waals surface area contributed by atoms with Crippen LogP contribution in [-0.4, -0.2) is 0 Å². The first-order valence-electron chi connectivity index (χ1n) is 14.5. The highest BCUT2D eigenvalue weighted by Crippen LogP contribution is 2.47. The highest BCUT2D eigenvalue weighted by molar-refractivity contribution is 6.23. The second-order valence-electron chi connectivity index (χ2n) is 10.9. The van der Waals surface area contributed by atoms with Crippen LogP contribution >= 0.6 is 0 Å². The third kappa shape index (κ3) is 4.00. The van der Waals surface area contributed by atoms with Crippen LogP contribution in [0.3, 0.4) is 0 Å². The SMILES string of the molecule is c1ccc(-c2ccc3c(-c4ccccc4-c4cccc5ccccc45)c4ccccc4c(-c4ccccc4)c3c2)cc1. The minimum atomic E-state index is 1.23. The normalized spacial score (nSPS) is 11.3. The van der Waals surface area contributed by atoms with Crippen molar-refractivity contribution in [3.05, 3.63) is 170 Å². The lowest BCUT2D eigenvalue weighted by molar-refractivity contribution is 1.62. The Morgan fingerprint density at radius 3 is 1.52 bits per heavy atom. The molecule has 8 rings (SSSR count). The molecule has 42 heavy (non-hydrogen) atoms. The molecule has 8 aromatic rings. The van der Waals surface area contributed by atoms with Gasteiger partial charge in [0, 0.05) is 0 Å². The highest BCUT2D eigenvalue weighted by atomic mass is 14.2. The molecule has 0 aliphatic carbocycles. The number of hydrogen-bond donors (Lipinski definition) is 0. The van der Waals surface area contributed by atoms with Crippen LogP contribution in [0, 0.1) is 0 Å². The zero-order valence-corrected chi connectivity index (χ0v) is 23.2. The lowest BCUT2D eigenvalue weighted by Gasteiger charge is -2.21. The van der Waals surface area contributed by atoms with Crippen LogP contribution in [0.5, 0.6) is 0 Å². The first-order valence-corrected chi connectivity index (χ1v) is 14.5. The molecule has 0 saturated heterocycles. The van der Waals surface area contributed by atoms with Crippen molar-refractivity contribution in [1.29, 1.82) is 0 Å². The van der Waals surface area contributed by atoms with Crippen LogP contribution in [0.1, 0.15) is 0 Å². The third-order valence-electron chi connectivity index (χ3n) is 8.47. The minimum absolute atomic E-state index is 1.23. The van der Waals surface area contributed by atoms with Crippen molar-refractivity contribution in [3.63, 3.8) is 0 Å². The van der Waals surface area contributed by atoms with Crippen LogP contribution in [-0.2, 0) is 0 Å². The van der Waals surface area contributed by atoms with Crippen molar-refractivity contribution < 1.29 is 0 Å². The van der Waals surface area contributed by atoms with Crippen LogP contribution in [0.25, 0.3) is 76.8 Å². The van der Waals surface area contributed by atoms with Crippen molar-refractivity contribution in [2.45, 2.75) is 0 Å². The van der Waals surface area contributed by atoms with E-state index in [2.05, 4.69) is 170 Å². The second kappa shape index (κ2) is 10.2. The largest absolute Gasteiger partial charge is 0.0622 e. The molecular formula is C42H28. The zero-order chi connectivity index (χ0) is 27.9. The maximum absolute atomic E-state index is 2.39. The second-order valence-corrected chi connectivity index (χ2v) is 10.9. The summed E-state index contributed by atoms with van der Waals surface area (Å²) < 4.78 is 0. The number of benzene rings is 8. The van der Waals surface area contributed by atoms with Gasteiger partial charge in [0.2, 0.25) is 0 Å². The minimum Gasteiger partial charge on any atom is -0.0622 e. The zero-order valence-electron chi connectivity index (χ0n) is 23.2. The summed E-state index contributed by atoms with van der Waals surface area (Å²) in [6.45, 7) is 0. The predicted octanol–water partition coefficient (Wildman–Crippen LogP) is 11.8. The van der Waals surface area contributed by atoms with Crippen molar-refractivity contribution in [2.75, 3.05) is 0 Å². The average molecular weight is 533 g/mol. The standard InChI is InChI=1S/C42H28/c1-3-14-29(15-4-1)32-26-27-39-40(28-32)41(31-17-5-2-6-18-31)37-23-11-12-24-38(37)42(39)36-22-10-9-21-35(36)34-25-13-19-30-16-7-8-20-33(30)34/h1-28H. The monoisotopic (exact) mass is 532 g/mol. The molecule has 0 atom stereocenters. The Morgan fingerprint density at radius 1 is 0.238 bits per heavy atom. The van der Waals surface area contributed by atoms with Gasteiger partial charge in [-0.05, 0) is 82.9 Å². The van der Waals surface area contributed by atoms with E-state index in [1.54, 1.807) is 0 Å². The number of rotatable bonds is 4. The van der Waals surface area contributed by atoms with Gasteiger partial charge in [-0.2, -0.15) is 0 Å². The lowest BCUT2D eigenvalue weighted by Crippen LogP contribution is -1.93. The highest BCUT2D eigenvalue weighted by Gasteiger charge is 2.20. The van der Waals surface area contributed by atoms with Gasteiger partial charge < -0.3 is 0 Å². The molecule has 0 fully saturated rings. The Kier molecular flexibility index (Phi) is 5.90. The van der Waals surface area contributed by atoms with E-state index < -0.39 is 0 Å². The van der Waals surface area contributed by atoms with E-state index in [4.69, 9.17) is 0 Å². The Bertz CT molecular complexity index is 2220. The fourth-order valence-corrected chi connectivity index (χ4v) is 6.59. The summed E-state index contributed by atoms with van der Waals surface area (Å²) in [4.78, 5) is 0. The molecule has 0 saturated carbocycles. The van der Waals surface area contributed by atoms with E-state index in [0.29, 0.717) is 0 Å². The van der Waals surface area contributed by atoms with Crippen molar-refractivity contribution in [2.24, 2.45) is 0 Å². The van der Waals surface area contributed by atoms with Crippen LogP contribution in [0.4, 0.5) is 0 Å². The lowest BCUT2D eigenvalue weighted by atomic mass is 9.82. The van der Waals surface area contributed by atoms with Gasteiger partial charge in [0.05, 0.1) is 0 Å². The van der Waals surface area contributed by atoms with Crippen LogP contribution in [0.2, 0.25) is 0 Å². The average Bonchev–Trinajstić information content (AvgIpc) is 3.07. The van der Waals surface area contributed by atoms with Gasteiger partial charge in [0.15, 0.2) is 0 Å². The van der Waals surface area contributed by atoms with E-state index in [-0.39, 0.29) is 0 Å². The summed E-state index contributed by atoms with van der Waals surface area (Å²) in [5.41, 5.74) is 10.0. The molecule has 0 spiro atoms. The maximum atomic E-state index is 2.39. The molecule has 196 valence electrons. The van der Waals surface area contributed by atoms with Crippen LogP contribution in [0.15, 0.2) is 170 Å². The summed E-state index contributed by atoms with van der Waals surface area (Å²) in [7, 11) is 0. The van der Waals surface area contributed by atoms with E-state index >= 15 is 0 Å². The van der Waals surface area contributed by atoms with Gasteiger partial charge in [-0.25, -0.2) is 0 Å². The molecule has 8 aromatic carbocycles. The number of hydrogen-bond acceptors (Lipinski definition) is 0. The molecule has 0 unspecified atom stereocenters. The van der Waals surface area contributed by atoms with E-state index in [9.17, 15) is 0 Å².